The Hall–Kier alpha value is -0.560. The van der Waals surface area contributed by atoms with Gasteiger partial charge in [0.05, 0.1) is 13.2 Å². The second-order valence-electron chi connectivity index (χ2n) is 3.01. The number of hydrogen-bond acceptors (Lipinski definition) is 1. The highest BCUT2D eigenvalue weighted by atomic mass is 16.5. The predicted octanol–water partition coefficient (Wildman–Crippen LogP) is 3.33. The molecule has 0 aliphatic carbocycles. The molecule has 0 fully saturated rings. The third kappa shape index (κ3) is 7.55. The van der Waals surface area contributed by atoms with E-state index in [1.807, 2.05) is 0 Å². The van der Waals surface area contributed by atoms with Gasteiger partial charge in [-0.3, -0.25) is 0 Å². The minimum atomic E-state index is 0.632. The lowest BCUT2D eigenvalue weighted by molar-refractivity contribution is 0.184. The maximum Gasteiger partial charge on any atom is 0.0678 e. The molecule has 0 aromatic heterocycles. The average Bonchev–Trinajstić information content (AvgIpc) is 2.06. The molecule has 0 bridgehead atoms. The van der Waals surface area contributed by atoms with Crippen LogP contribution in [0.1, 0.15) is 32.6 Å². The van der Waals surface area contributed by atoms with E-state index < -0.39 is 0 Å². The molecule has 0 aromatic carbocycles. The molecule has 0 aliphatic heterocycles. The van der Waals surface area contributed by atoms with Gasteiger partial charge >= 0.3 is 0 Å². The van der Waals surface area contributed by atoms with Crippen molar-refractivity contribution >= 4 is 0 Å². The van der Waals surface area contributed by atoms with Crippen LogP contribution in [0, 0.1) is 0 Å². The number of ether oxygens (including phenoxy) is 1. The first-order chi connectivity index (χ1) is 5.81. The fraction of sp³-hybridized carbons (Fsp3) is 0.636. The van der Waals surface area contributed by atoms with Gasteiger partial charge in [0.15, 0.2) is 0 Å². The quantitative estimate of drug-likeness (QED) is 0.399. The van der Waals surface area contributed by atoms with Crippen LogP contribution in [0.2, 0.25) is 0 Å². The first-order valence-electron chi connectivity index (χ1n) is 4.66. The molecule has 0 saturated carbocycles. The Morgan fingerprint density at radius 3 is 2.75 bits per heavy atom. The van der Waals surface area contributed by atoms with Gasteiger partial charge in [-0.25, -0.2) is 0 Å². The smallest absolute Gasteiger partial charge is 0.0678 e. The Balaban J connectivity index is 3.15. The first-order valence-corrected chi connectivity index (χ1v) is 4.66. The van der Waals surface area contributed by atoms with E-state index in [4.69, 9.17) is 4.74 Å². The van der Waals surface area contributed by atoms with Crippen LogP contribution in [0.5, 0.6) is 0 Å². The van der Waals surface area contributed by atoms with Crippen molar-refractivity contribution in [3.63, 3.8) is 0 Å². The summed E-state index contributed by atoms with van der Waals surface area (Å²) in [4.78, 5) is 0. The summed E-state index contributed by atoms with van der Waals surface area (Å²) in [5, 5.41) is 0. The molecular formula is C11H20O. The molecule has 0 spiro atoms. The molecule has 12 heavy (non-hydrogen) atoms. The van der Waals surface area contributed by atoms with E-state index in [1.165, 1.54) is 24.8 Å². The Labute approximate surface area is 76.1 Å². The minimum Gasteiger partial charge on any atom is -0.373 e. The van der Waals surface area contributed by atoms with Crippen molar-refractivity contribution in [1.82, 2.24) is 0 Å². The zero-order valence-electron chi connectivity index (χ0n) is 8.14. The molecule has 0 heterocycles. The normalized spacial score (nSPS) is 9.75. The largest absolute Gasteiger partial charge is 0.373 e. The highest BCUT2D eigenvalue weighted by Crippen LogP contribution is 2.06. The Morgan fingerprint density at radius 1 is 1.42 bits per heavy atom. The van der Waals surface area contributed by atoms with Crippen molar-refractivity contribution in [3.05, 3.63) is 24.8 Å². The van der Waals surface area contributed by atoms with Crippen LogP contribution in [0.4, 0.5) is 0 Å². The third-order valence-electron chi connectivity index (χ3n) is 1.68. The van der Waals surface area contributed by atoms with Crippen LogP contribution < -0.4 is 0 Å². The fourth-order valence-electron chi connectivity index (χ4n) is 0.984. The van der Waals surface area contributed by atoms with Crippen molar-refractivity contribution in [2.75, 3.05) is 13.2 Å². The molecule has 0 N–H and O–H groups in total. The van der Waals surface area contributed by atoms with Crippen LogP contribution >= 0.6 is 0 Å². The highest BCUT2D eigenvalue weighted by molar-refractivity contribution is 4.93. The van der Waals surface area contributed by atoms with Gasteiger partial charge in [0.25, 0.3) is 0 Å². The lowest BCUT2D eigenvalue weighted by atomic mass is 10.1. The summed E-state index contributed by atoms with van der Waals surface area (Å²) >= 11 is 0. The van der Waals surface area contributed by atoms with Crippen molar-refractivity contribution in [2.45, 2.75) is 32.6 Å². The van der Waals surface area contributed by atoms with Gasteiger partial charge < -0.3 is 4.74 Å². The van der Waals surface area contributed by atoms with E-state index in [0.717, 1.165) is 6.42 Å². The second-order valence-corrected chi connectivity index (χ2v) is 3.01. The van der Waals surface area contributed by atoms with Crippen molar-refractivity contribution in [2.24, 2.45) is 0 Å². The Kier molecular flexibility index (Phi) is 8.14. The van der Waals surface area contributed by atoms with Gasteiger partial charge in [-0.05, 0) is 12.8 Å². The van der Waals surface area contributed by atoms with Crippen molar-refractivity contribution in [3.8, 4) is 0 Å². The summed E-state index contributed by atoms with van der Waals surface area (Å²) in [7, 11) is 0. The molecule has 0 rings (SSSR count). The van der Waals surface area contributed by atoms with Crippen molar-refractivity contribution in [1.29, 1.82) is 0 Å². The first kappa shape index (κ1) is 11.4. The zero-order chi connectivity index (χ0) is 9.23. The van der Waals surface area contributed by atoms with E-state index in [-0.39, 0.29) is 0 Å². The average molecular weight is 168 g/mol. The number of hydrogen-bond donors (Lipinski definition) is 0. The maximum absolute atomic E-state index is 5.26. The van der Waals surface area contributed by atoms with Gasteiger partial charge in [-0.15, -0.1) is 6.58 Å². The second kappa shape index (κ2) is 8.54. The maximum atomic E-state index is 5.26. The van der Waals surface area contributed by atoms with E-state index >= 15 is 0 Å². The molecule has 0 amide bonds. The number of rotatable bonds is 8. The minimum absolute atomic E-state index is 0.632. The molecule has 0 radical (unpaired) electrons. The van der Waals surface area contributed by atoms with Crippen LogP contribution in [0.15, 0.2) is 24.8 Å². The van der Waals surface area contributed by atoms with Gasteiger partial charge in [-0.1, -0.05) is 38.0 Å². The Morgan fingerprint density at radius 2 is 2.17 bits per heavy atom. The van der Waals surface area contributed by atoms with Crippen LogP contribution in [-0.2, 0) is 4.74 Å². The van der Waals surface area contributed by atoms with E-state index in [1.54, 1.807) is 6.08 Å². The standard InChI is InChI=1S/C11H20O/c1-4-6-7-8-11(3)10-12-9-5-2/h5H,2-4,6-10H2,1H3. The summed E-state index contributed by atoms with van der Waals surface area (Å²) in [6, 6.07) is 0. The third-order valence-corrected chi connectivity index (χ3v) is 1.68. The van der Waals surface area contributed by atoms with Crippen LogP contribution in [-0.4, -0.2) is 13.2 Å². The molecule has 0 saturated heterocycles. The van der Waals surface area contributed by atoms with Crippen LogP contribution in [0.25, 0.3) is 0 Å². The van der Waals surface area contributed by atoms with Gasteiger partial charge in [0.2, 0.25) is 0 Å². The molecule has 0 aromatic rings. The SMILES string of the molecule is C=CCOCC(=C)CCCCC. The predicted molar refractivity (Wildman–Crippen MR) is 54.3 cm³/mol. The zero-order valence-corrected chi connectivity index (χ0v) is 8.14. The molecular weight excluding hydrogens is 148 g/mol. The topological polar surface area (TPSA) is 9.23 Å². The number of unbranched alkanes of at least 4 members (excludes halogenated alkanes) is 2. The van der Waals surface area contributed by atoms with E-state index in [2.05, 4.69) is 20.1 Å². The summed E-state index contributed by atoms with van der Waals surface area (Å²) < 4.78 is 5.26. The molecule has 0 unspecified atom stereocenters. The van der Waals surface area contributed by atoms with Gasteiger partial charge in [0, 0.05) is 0 Å². The van der Waals surface area contributed by atoms with Crippen LogP contribution in [0.3, 0.4) is 0 Å². The lowest BCUT2D eigenvalue weighted by Gasteiger charge is -2.04. The molecule has 70 valence electrons. The Bertz CT molecular complexity index is 127. The molecule has 1 heteroatoms. The highest BCUT2D eigenvalue weighted by Gasteiger charge is 1.93. The monoisotopic (exact) mass is 168 g/mol. The summed E-state index contributed by atoms with van der Waals surface area (Å²) in [6.45, 7) is 11.0. The van der Waals surface area contributed by atoms with Gasteiger partial charge in [0.1, 0.15) is 0 Å². The molecule has 1 nitrogen and oxygen atoms in total. The summed E-state index contributed by atoms with van der Waals surface area (Å²) in [5.74, 6) is 0. The lowest BCUT2D eigenvalue weighted by Crippen LogP contribution is -1.97. The summed E-state index contributed by atoms with van der Waals surface area (Å²) in [6.07, 6.45) is 6.67. The summed E-state index contributed by atoms with van der Waals surface area (Å²) in [5.41, 5.74) is 1.20. The van der Waals surface area contributed by atoms with Gasteiger partial charge in [-0.2, -0.15) is 0 Å². The molecule has 0 atom stereocenters. The fourth-order valence-corrected chi connectivity index (χ4v) is 0.984. The van der Waals surface area contributed by atoms with Crippen molar-refractivity contribution < 1.29 is 4.74 Å². The van der Waals surface area contributed by atoms with E-state index in [9.17, 15) is 0 Å². The molecule has 0 aliphatic rings. The van der Waals surface area contributed by atoms with E-state index in [0.29, 0.717) is 13.2 Å².